The first-order valence-electron chi connectivity index (χ1n) is 10.3. The fourth-order valence-corrected chi connectivity index (χ4v) is 5.74. The van der Waals surface area contributed by atoms with Crippen LogP contribution in [-0.2, 0) is 9.53 Å². The molecule has 1 atom stereocenters. The van der Waals surface area contributed by atoms with Crippen LogP contribution >= 0.6 is 22.7 Å². The Bertz CT molecular complexity index is 1430. The lowest BCUT2D eigenvalue weighted by atomic mass is 9.95. The highest BCUT2D eigenvalue weighted by molar-refractivity contribution is 7.11. The Kier molecular flexibility index (Phi) is 6.53. The van der Waals surface area contributed by atoms with Crippen molar-refractivity contribution >= 4 is 34.7 Å². The molecule has 172 valence electrons. The number of rotatable bonds is 6. The molecule has 3 heterocycles. The summed E-state index contributed by atoms with van der Waals surface area (Å²) in [7, 11) is 3.10. The highest BCUT2D eigenvalue weighted by atomic mass is 32.1. The molecule has 0 radical (unpaired) electrons. The van der Waals surface area contributed by atoms with Crippen LogP contribution in [0.2, 0.25) is 0 Å². The van der Waals surface area contributed by atoms with Gasteiger partial charge in [-0.3, -0.25) is 9.36 Å². The quantitative estimate of drug-likeness (QED) is 0.502. The molecule has 1 aliphatic rings. The van der Waals surface area contributed by atoms with Gasteiger partial charge in [0.05, 0.1) is 42.7 Å². The summed E-state index contributed by atoms with van der Waals surface area (Å²) in [4.78, 5) is 32.7. The van der Waals surface area contributed by atoms with Gasteiger partial charge < -0.3 is 14.2 Å². The number of aromatic nitrogens is 1. The number of fused-ring (bicyclic) bond motifs is 1. The van der Waals surface area contributed by atoms with E-state index in [4.69, 9.17) is 14.2 Å². The van der Waals surface area contributed by atoms with E-state index in [0.29, 0.717) is 37.7 Å². The fourth-order valence-electron chi connectivity index (χ4n) is 3.78. The third kappa shape index (κ3) is 4.14. The van der Waals surface area contributed by atoms with E-state index < -0.39 is 12.0 Å². The van der Waals surface area contributed by atoms with Crippen molar-refractivity contribution in [1.29, 1.82) is 0 Å². The smallest absolute Gasteiger partial charge is 0.338 e. The molecule has 1 aromatic carbocycles. The van der Waals surface area contributed by atoms with Gasteiger partial charge in [0.2, 0.25) is 0 Å². The average Bonchev–Trinajstić information content (AvgIpc) is 3.34. The molecule has 0 saturated heterocycles. The molecule has 0 aliphatic carbocycles. The zero-order valence-corrected chi connectivity index (χ0v) is 20.6. The Morgan fingerprint density at radius 1 is 1.18 bits per heavy atom. The third-order valence-corrected chi connectivity index (χ3v) is 7.35. The lowest BCUT2D eigenvalue weighted by Crippen LogP contribution is -2.39. The van der Waals surface area contributed by atoms with Gasteiger partial charge in [-0.1, -0.05) is 17.4 Å². The standard InChI is InChI=1S/C24H24N2O5S2/c1-6-31-23(28)20-14(3)25-24-26(21(20)15-7-8-16(29-4)17(11-15)30-5)22(27)19(33-24)12-18-13(2)9-10-32-18/h7-12,21H,6H2,1-5H3/b19-12+/t21-/m1/s1. The van der Waals surface area contributed by atoms with Gasteiger partial charge in [-0.25, -0.2) is 9.79 Å². The zero-order chi connectivity index (χ0) is 23.7. The number of thiophene rings is 1. The van der Waals surface area contributed by atoms with Crippen LogP contribution in [0.25, 0.3) is 6.08 Å². The number of thiazole rings is 1. The Morgan fingerprint density at radius 3 is 2.58 bits per heavy atom. The summed E-state index contributed by atoms with van der Waals surface area (Å²) in [6, 6.07) is 6.68. The first kappa shape index (κ1) is 23.0. The first-order valence-corrected chi connectivity index (χ1v) is 12.0. The minimum atomic E-state index is -0.702. The van der Waals surface area contributed by atoms with Crippen LogP contribution in [0.4, 0.5) is 0 Å². The Hall–Kier alpha value is -3.17. The summed E-state index contributed by atoms with van der Waals surface area (Å²) in [5, 5.41) is 1.99. The maximum Gasteiger partial charge on any atom is 0.338 e. The topological polar surface area (TPSA) is 79.1 Å². The monoisotopic (exact) mass is 484 g/mol. The van der Waals surface area contributed by atoms with Gasteiger partial charge in [0.25, 0.3) is 5.56 Å². The summed E-state index contributed by atoms with van der Waals surface area (Å²) in [5.74, 6) is 0.561. The highest BCUT2D eigenvalue weighted by Crippen LogP contribution is 2.36. The van der Waals surface area contributed by atoms with Gasteiger partial charge in [-0.05, 0) is 61.6 Å². The molecule has 33 heavy (non-hydrogen) atoms. The fraction of sp³-hybridized carbons (Fsp3) is 0.292. The average molecular weight is 485 g/mol. The second-order valence-corrected chi connectivity index (χ2v) is 9.34. The lowest BCUT2D eigenvalue weighted by molar-refractivity contribution is -0.139. The molecule has 0 saturated carbocycles. The number of carbonyl (C=O) groups excluding carboxylic acids is 1. The van der Waals surface area contributed by atoms with Crippen molar-refractivity contribution in [3.05, 3.63) is 76.6 Å². The zero-order valence-electron chi connectivity index (χ0n) is 19.0. The maximum absolute atomic E-state index is 13.6. The molecular weight excluding hydrogens is 460 g/mol. The molecule has 0 spiro atoms. The number of esters is 1. The number of carbonyl (C=O) groups is 1. The van der Waals surface area contributed by atoms with Crippen molar-refractivity contribution < 1.29 is 19.0 Å². The van der Waals surface area contributed by atoms with Crippen LogP contribution < -0.4 is 24.4 Å². The van der Waals surface area contributed by atoms with Crippen LogP contribution in [0, 0.1) is 6.92 Å². The number of hydrogen-bond donors (Lipinski definition) is 0. The van der Waals surface area contributed by atoms with E-state index in [1.807, 2.05) is 30.5 Å². The van der Waals surface area contributed by atoms with Crippen molar-refractivity contribution in [2.24, 2.45) is 4.99 Å². The summed E-state index contributed by atoms with van der Waals surface area (Å²) >= 11 is 2.88. The van der Waals surface area contributed by atoms with Crippen LogP contribution in [0.3, 0.4) is 0 Å². The van der Waals surface area contributed by atoms with E-state index in [0.717, 1.165) is 10.4 Å². The van der Waals surface area contributed by atoms with E-state index in [-0.39, 0.29) is 12.2 Å². The van der Waals surface area contributed by atoms with Crippen molar-refractivity contribution in [2.45, 2.75) is 26.8 Å². The molecule has 0 unspecified atom stereocenters. The van der Waals surface area contributed by atoms with Crippen molar-refractivity contribution in [3.8, 4) is 11.5 Å². The summed E-state index contributed by atoms with van der Waals surface area (Å²) in [6.45, 7) is 5.74. The molecule has 0 fully saturated rings. The van der Waals surface area contributed by atoms with Gasteiger partial charge in [-0.2, -0.15) is 0 Å². The van der Waals surface area contributed by atoms with E-state index in [1.165, 1.54) is 11.3 Å². The van der Waals surface area contributed by atoms with Crippen LogP contribution in [-0.4, -0.2) is 31.4 Å². The number of ether oxygens (including phenoxy) is 3. The molecule has 2 aromatic heterocycles. The van der Waals surface area contributed by atoms with Gasteiger partial charge in [0.1, 0.15) is 0 Å². The largest absolute Gasteiger partial charge is 0.493 e. The second-order valence-electron chi connectivity index (χ2n) is 7.38. The van der Waals surface area contributed by atoms with E-state index in [1.54, 1.807) is 56.1 Å². The first-order chi connectivity index (χ1) is 15.9. The van der Waals surface area contributed by atoms with E-state index >= 15 is 0 Å². The van der Waals surface area contributed by atoms with Crippen molar-refractivity contribution in [3.63, 3.8) is 0 Å². The molecule has 7 nitrogen and oxygen atoms in total. The summed E-state index contributed by atoms with van der Waals surface area (Å²) < 4.78 is 18.3. The Balaban J connectivity index is 1.99. The molecular formula is C24H24N2O5S2. The molecule has 4 rings (SSSR count). The number of nitrogens with zero attached hydrogens (tertiary/aromatic N) is 2. The number of allylic oxidation sites excluding steroid dienone is 1. The molecule has 9 heteroatoms. The normalized spacial score (nSPS) is 15.8. The van der Waals surface area contributed by atoms with Gasteiger partial charge in [0.15, 0.2) is 16.3 Å². The van der Waals surface area contributed by atoms with Crippen molar-refractivity contribution in [2.75, 3.05) is 20.8 Å². The van der Waals surface area contributed by atoms with Gasteiger partial charge in [0, 0.05) is 4.88 Å². The van der Waals surface area contributed by atoms with E-state index in [2.05, 4.69) is 4.99 Å². The number of aryl methyl sites for hydroxylation is 1. The summed E-state index contributed by atoms with van der Waals surface area (Å²) in [5.41, 5.74) is 2.44. The number of hydrogen-bond acceptors (Lipinski definition) is 8. The Morgan fingerprint density at radius 2 is 1.94 bits per heavy atom. The summed E-state index contributed by atoms with van der Waals surface area (Å²) in [6.07, 6.45) is 1.89. The molecule has 3 aromatic rings. The maximum atomic E-state index is 13.6. The SMILES string of the molecule is CCOC(=O)C1=C(C)N=c2s/c(=C/c3sccc3C)c(=O)n2[C@@H]1c1ccc(OC)c(OC)c1. The number of methoxy groups -OCH3 is 2. The second kappa shape index (κ2) is 9.36. The van der Waals surface area contributed by atoms with Crippen LogP contribution in [0.1, 0.15) is 35.9 Å². The minimum absolute atomic E-state index is 0.208. The molecule has 1 aliphatic heterocycles. The predicted octanol–water partition coefficient (Wildman–Crippen LogP) is 3.19. The van der Waals surface area contributed by atoms with Crippen LogP contribution in [0.5, 0.6) is 11.5 Å². The lowest BCUT2D eigenvalue weighted by Gasteiger charge is -2.25. The molecule has 0 N–H and O–H groups in total. The molecule has 0 amide bonds. The molecule has 0 bridgehead atoms. The minimum Gasteiger partial charge on any atom is -0.493 e. The predicted molar refractivity (Wildman–Crippen MR) is 129 cm³/mol. The van der Waals surface area contributed by atoms with Crippen LogP contribution in [0.15, 0.2) is 50.7 Å². The number of benzene rings is 1. The Labute approximate surface area is 198 Å². The highest BCUT2D eigenvalue weighted by Gasteiger charge is 2.33. The van der Waals surface area contributed by atoms with E-state index in [9.17, 15) is 9.59 Å². The van der Waals surface area contributed by atoms with Gasteiger partial charge in [-0.15, -0.1) is 11.3 Å². The third-order valence-electron chi connectivity index (χ3n) is 5.40. The van der Waals surface area contributed by atoms with Gasteiger partial charge >= 0.3 is 5.97 Å². The van der Waals surface area contributed by atoms with Crippen molar-refractivity contribution in [1.82, 2.24) is 4.57 Å².